The van der Waals surface area contributed by atoms with Gasteiger partial charge in [0.25, 0.3) is 0 Å². The Morgan fingerprint density at radius 3 is 1.78 bits per heavy atom. The third-order valence-electron chi connectivity index (χ3n) is 5.30. The first kappa shape index (κ1) is 21.2. The molecule has 5 heteroatoms. The van der Waals surface area contributed by atoms with Crippen molar-refractivity contribution in [2.45, 2.75) is 6.92 Å². The monoisotopic (exact) mass is 427 g/mol. The molecule has 0 atom stereocenters. The van der Waals surface area contributed by atoms with Gasteiger partial charge in [-0.3, -0.25) is 0 Å². The fraction of sp³-hybridized carbons (Fsp3) is 0.148. The first-order chi connectivity index (χ1) is 15.7. The average Bonchev–Trinajstić information content (AvgIpc) is 3.25. The van der Waals surface area contributed by atoms with E-state index < -0.39 is 0 Å². The summed E-state index contributed by atoms with van der Waals surface area (Å²) in [6.45, 7) is 2.10. The minimum atomic E-state index is -0.367. The zero-order chi connectivity index (χ0) is 22.5. The molecule has 32 heavy (non-hydrogen) atoms. The van der Waals surface area contributed by atoms with Gasteiger partial charge in [-0.1, -0.05) is 42.5 Å². The molecular formula is C27H25NO4. The third-order valence-corrected chi connectivity index (χ3v) is 5.30. The maximum Gasteiger partial charge on any atom is 0.340 e. The topological polar surface area (TPSA) is 60.6 Å². The van der Waals surface area contributed by atoms with Gasteiger partial charge in [0.05, 0.1) is 37.8 Å². The fourth-order valence-corrected chi connectivity index (χ4v) is 3.75. The van der Waals surface area contributed by atoms with E-state index in [1.54, 1.807) is 14.2 Å². The number of benzene rings is 3. The van der Waals surface area contributed by atoms with E-state index in [0.717, 1.165) is 45.1 Å². The van der Waals surface area contributed by atoms with Crippen molar-refractivity contribution in [2.24, 2.45) is 0 Å². The lowest BCUT2D eigenvalue weighted by Gasteiger charge is -2.10. The molecule has 1 N–H and O–H groups in total. The number of hydrogen-bond donors (Lipinski definition) is 1. The molecule has 0 radical (unpaired) electrons. The van der Waals surface area contributed by atoms with Gasteiger partial charge in [-0.15, -0.1) is 0 Å². The van der Waals surface area contributed by atoms with Crippen molar-refractivity contribution in [1.82, 2.24) is 4.98 Å². The van der Waals surface area contributed by atoms with E-state index in [1.807, 2.05) is 85.8 Å². The number of carbonyl (C=O) groups excluding carboxylic acids is 1. The molecule has 0 saturated heterocycles. The van der Waals surface area contributed by atoms with Gasteiger partial charge in [-0.25, -0.2) is 4.79 Å². The fourth-order valence-electron chi connectivity index (χ4n) is 3.75. The lowest BCUT2D eigenvalue weighted by atomic mass is 9.95. The molecule has 5 nitrogen and oxygen atoms in total. The van der Waals surface area contributed by atoms with Gasteiger partial charge in [0.1, 0.15) is 11.5 Å². The van der Waals surface area contributed by atoms with Gasteiger partial charge < -0.3 is 19.2 Å². The summed E-state index contributed by atoms with van der Waals surface area (Å²) in [6, 6.07) is 25.2. The van der Waals surface area contributed by atoms with Crippen LogP contribution in [0.3, 0.4) is 0 Å². The Kier molecular flexibility index (Phi) is 6.26. The number of ether oxygens (including phenoxy) is 3. The Balaban J connectivity index is 2.01. The molecule has 0 amide bonds. The number of rotatable bonds is 7. The smallest absolute Gasteiger partial charge is 0.340 e. The van der Waals surface area contributed by atoms with Crippen molar-refractivity contribution in [1.29, 1.82) is 0 Å². The van der Waals surface area contributed by atoms with Crippen LogP contribution in [0.5, 0.6) is 11.5 Å². The van der Waals surface area contributed by atoms with Crippen LogP contribution in [0.25, 0.3) is 33.6 Å². The highest BCUT2D eigenvalue weighted by atomic mass is 16.5. The second-order valence-corrected chi connectivity index (χ2v) is 7.17. The van der Waals surface area contributed by atoms with Crippen molar-refractivity contribution in [3.8, 4) is 45.1 Å². The van der Waals surface area contributed by atoms with E-state index in [1.165, 1.54) is 0 Å². The summed E-state index contributed by atoms with van der Waals surface area (Å²) in [7, 11) is 3.27. The number of carbonyl (C=O) groups is 1. The average molecular weight is 428 g/mol. The zero-order valence-electron chi connectivity index (χ0n) is 18.3. The predicted molar refractivity (Wildman–Crippen MR) is 126 cm³/mol. The highest BCUT2D eigenvalue weighted by Gasteiger charge is 2.27. The lowest BCUT2D eigenvalue weighted by molar-refractivity contribution is 0.0528. The van der Waals surface area contributed by atoms with Crippen molar-refractivity contribution >= 4 is 5.97 Å². The second kappa shape index (κ2) is 9.43. The Labute approximate surface area is 187 Å². The van der Waals surface area contributed by atoms with Crippen LogP contribution in [-0.4, -0.2) is 31.8 Å². The summed E-state index contributed by atoms with van der Waals surface area (Å²) < 4.78 is 16.1. The van der Waals surface area contributed by atoms with Crippen molar-refractivity contribution in [2.75, 3.05) is 20.8 Å². The van der Waals surface area contributed by atoms with Crippen LogP contribution < -0.4 is 9.47 Å². The van der Waals surface area contributed by atoms with Crippen molar-refractivity contribution in [3.05, 3.63) is 84.4 Å². The number of methoxy groups -OCH3 is 2. The summed E-state index contributed by atoms with van der Waals surface area (Å²) in [5.41, 5.74) is 5.58. The summed E-state index contributed by atoms with van der Waals surface area (Å²) >= 11 is 0. The SMILES string of the molecule is CCOC(=O)c1c(-c2ccccc2)[nH]c(-c2ccc(OC)cc2)c1-c1ccc(OC)cc1. The van der Waals surface area contributed by atoms with Gasteiger partial charge in [-0.2, -0.15) is 0 Å². The van der Waals surface area contributed by atoms with Crippen LogP contribution in [0.2, 0.25) is 0 Å². The van der Waals surface area contributed by atoms with Crippen LogP contribution in [0.1, 0.15) is 17.3 Å². The second-order valence-electron chi connectivity index (χ2n) is 7.17. The number of H-pyrrole nitrogens is 1. The summed E-state index contributed by atoms with van der Waals surface area (Å²) in [4.78, 5) is 16.7. The maximum atomic E-state index is 13.2. The van der Waals surface area contributed by atoms with E-state index >= 15 is 0 Å². The lowest BCUT2D eigenvalue weighted by Crippen LogP contribution is -2.06. The number of aromatic nitrogens is 1. The Morgan fingerprint density at radius 1 is 0.719 bits per heavy atom. The number of aromatic amines is 1. The molecule has 162 valence electrons. The molecule has 1 heterocycles. The number of esters is 1. The molecule has 0 spiro atoms. The highest BCUT2D eigenvalue weighted by molar-refractivity contribution is 6.07. The quantitative estimate of drug-likeness (QED) is 0.356. The van der Waals surface area contributed by atoms with Gasteiger partial charge in [0.2, 0.25) is 0 Å². The van der Waals surface area contributed by atoms with Gasteiger partial charge in [0.15, 0.2) is 0 Å². The molecule has 0 aliphatic rings. The van der Waals surface area contributed by atoms with Crippen molar-refractivity contribution in [3.63, 3.8) is 0 Å². The molecule has 0 aliphatic heterocycles. The molecule has 4 rings (SSSR count). The van der Waals surface area contributed by atoms with E-state index in [4.69, 9.17) is 14.2 Å². The van der Waals surface area contributed by atoms with Crippen LogP contribution >= 0.6 is 0 Å². The minimum absolute atomic E-state index is 0.290. The Hall–Kier alpha value is -3.99. The molecule has 0 unspecified atom stereocenters. The Bertz CT molecular complexity index is 1190. The molecule has 3 aromatic carbocycles. The Morgan fingerprint density at radius 2 is 1.25 bits per heavy atom. The van der Waals surface area contributed by atoms with Crippen LogP contribution in [-0.2, 0) is 4.74 Å². The van der Waals surface area contributed by atoms with Crippen molar-refractivity contribution < 1.29 is 19.0 Å². The molecule has 0 aliphatic carbocycles. The molecular weight excluding hydrogens is 402 g/mol. The number of hydrogen-bond acceptors (Lipinski definition) is 4. The van der Waals surface area contributed by atoms with E-state index in [9.17, 15) is 4.79 Å². The van der Waals surface area contributed by atoms with Crippen LogP contribution in [0.4, 0.5) is 0 Å². The normalized spacial score (nSPS) is 10.6. The van der Waals surface area contributed by atoms with Crippen LogP contribution in [0, 0.1) is 0 Å². The predicted octanol–water partition coefficient (Wildman–Crippen LogP) is 6.21. The molecule has 0 bridgehead atoms. The first-order valence-electron chi connectivity index (χ1n) is 10.4. The van der Waals surface area contributed by atoms with Gasteiger partial charge in [0, 0.05) is 5.56 Å². The van der Waals surface area contributed by atoms with Gasteiger partial charge >= 0.3 is 5.97 Å². The maximum absolute atomic E-state index is 13.2. The first-order valence-corrected chi connectivity index (χ1v) is 10.4. The zero-order valence-corrected chi connectivity index (χ0v) is 18.3. The van der Waals surface area contributed by atoms with E-state index in [-0.39, 0.29) is 12.6 Å². The summed E-state index contributed by atoms with van der Waals surface area (Å²) in [6.07, 6.45) is 0. The largest absolute Gasteiger partial charge is 0.497 e. The van der Waals surface area contributed by atoms with Gasteiger partial charge in [-0.05, 0) is 60.0 Å². The molecule has 1 aromatic heterocycles. The standard InChI is InChI=1S/C27H25NO4/c1-4-32-27(29)24-23(18-10-14-21(30-2)15-11-18)25(20-12-16-22(31-3)17-13-20)28-26(24)19-8-6-5-7-9-19/h5-17,28H,4H2,1-3H3. The molecule has 4 aromatic rings. The summed E-state index contributed by atoms with van der Waals surface area (Å²) in [5, 5.41) is 0. The van der Waals surface area contributed by atoms with E-state index in [2.05, 4.69) is 4.98 Å². The van der Waals surface area contributed by atoms with Crippen LogP contribution in [0.15, 0.2) is 78.9 Å². The minimum Gasteiger partial charge on any atom is -0.497 e. The summed E-state index contributed by atoms with van der Waals surface area (Å²) in [5.74, 6) is 1.14. The third kappa shape index (κ3) is 4.10. The number of nitrogens with one attached hydrogen (secondary N) is 1. The highest BCUT2D eigenvalue weighted by Crippen LogP contribution is 2.41. The molecule has 0 saturated carbocycles. The molecule has 0 fully saturated rings. The van der Waals surface area contributed by atoms with E-state index in [0.29, 0.717) is 5.56 Å².